The molecule has 0 aliphatic heterocycles. The second-order valence-corrected chi connectivity index (χ2v) is 4.00. The van der Waals surface area contributed by atoms with Crippen molar-refractivity contribution < 1.29 is 4.74 Å². The molecule has 0 spiro atoms. The minimum absolute atomic E-state index is 0.0975. The lowest BCUT2D eigenvalue weighted by atomic mass is 10.1. The van der Waals surface area contributed by atoms with E-state index in [1.54, 1.807) is 42.5 Å². The molecule has 0 aliphatic carbocycles. The van der Waals surface area contributed by atoms with E-state index in [9.17, 15) is 0 Å². The zero-order valence-corrected chi connectivity index (χ0v) is 11.4. The van der Waals surface area contributed by atoms with E-state index in [0.717, 1.165) is 5.56 Å². The molecular formula is C16H17N3O. The summed E-state index contributed by atoms with van der Waals surface area (Å²) in [5, 5.41) is 16.7. The number of benzene rings is 1. The molecule has 0 atom stereocenters. The minimum atomic E-state index is 0.0975. The minimum Gasteiger partial charge on any atom is -0.486 e. The van der Waals surface area contributed by atoms with E-state index in [4.69, 9.17) is 21.1 Å². The van der Waals surface area contributed by atoms with Crippen LogP contribution in [0.4, 0.5) is 5.69 Å². The summed E-state index contributed by atoms with van der Waals surface area (Å²) in [4.78, 5) is 0. The van der Waals surface area contributed by atoms with Crippen molar-refractivity contribution in [1.29, 1.82) is 10.7 Å². The Bertz CT molecular complexity index is 607. The van der Waals surface area contributed by atoms with E-state index in [1.165, 1.54) is 0 Å². The van der Waals surface area contributed by atoms with Crippen LogP contribution in [0.15, 0.2) is 43.0 Å². The third kappa shape index (κ3) is 4.14. The van der Waals surface area contributed by atoms with Gasteiger partial charge in [0.05, 0.1) is 11.3 Å². The topological polar surface area (TPSA) is 82.9 Å². The van der Waals surface area contributed by atoms with E-state index in [-0.39, 0.29) is 6.61 Å². The first-order chi connectivity index (χ1) is 9.62. The largest absolute Gasteiger partial charge is 0.486 e. The summed E-state index contributed by atoms with van der Waals surface area (Å²) in [5.74, 6) is 0.384. The van der Waals surface area contributed by atoms with Crippen LogP contribution in [0.2, 0.25) is 0 Å². The summed E-state index contributed by atoms with van der Waals surface area (Å²) < 4.78 is 5.46. The molecular weight excluding hydrogens is 250 g/mol. The highest BCUT2D eigenvalue weighted by Crippen LogP contribution is 2.26. The number of hydrogen-bond acceptors (Lipinski definition) is 4. The molecule has 0 saturated heterocycles. The number of nitriles is 1. The summed E-state index contributed by atoms with van der Waals surface area (Å²) >= 11 is 0. The Labute approximate surface area is 119 Å². The molecule has 1 aromatic rings. The zero-order valence-electron chi connectivity index (χ0n) is 11.4. The number of rotatable bonds is 6. The van der Waals surface area contributed by atoms with Crippen molar-refractivity contribution in [3.63, 3.8) is 0 Å². The van der Waals surface area contributed by atoms with Gasteiger partial charge in [-0.2, -0.15) is 5.26 Å². The standard InChI is InChI=1S/C16H17N3O/c1-3-5-7-12-8-13(10-17)16(9-15(12)19)20-11-14(18)6-4-2/h3-9,18H,1,11,19H2,2H3/b6-4-,7-5?,18-14?. The van der Waals surface area contributed by atoms with Gasteiger partial charge in [0.1, 0.15) is 18.4 Å². The molecule has 0 heterocycles. The number of nitrogen functional groups attached to an aromatic ring is 1. The maximum atomic E-state index is 9.15. The van der Waals surface area contributed by atoms with Crippen LogP contribution in [0.5, 0.6) is 5.75 Å². The summed E-state index contributed by atoms with van der Waals surface area (Å²) in [7, 11) is 0. The molecule has 0 amide bonds. The Balaban J connectivity index is 3.00. The molecule has 4 heteroatoms. The van der Waals surface area contributed by atoms with Crippen molar-refractivity contribution in [2.75, 3.05) is 12.3 Å². The van der Waals surface area contributed by atoms with Crippen LogP contribution >= 0.6 is 0 Å². The molecule has 0 saturated carbocycles. The summed E-state index contributed by atoms with van der Waals surface area (Å²) in [6.45, 7) is 5.51. The van der Waals surface area contributed by atoms with Crippen molar-refractivity contribution in [3.8, 4) is 11.8 Å². The number of nitrogens with one attached hydrogen (secondary N) is 1. The molecule has 0 bridgehead atoms. The molecule has 3 N–H and O–H groups in total. The number of ether oxygens (including phenoxy) is 1. The predicted octanol–water partition coefficient (Wildman–Crippen LogP) is 3.31. The van der Waals surface area contributed by atoms with Crippen LogP contribution < -0.4 is 10.5 Å². The summed E-state index contributed by atoms with van der Waals surface area (Å²) in [5.41, 5.74) is 7.86. The van der Waals surface area contributed by atoms with Crippen molar-refractivity contribution in [2.45, 2.75) is 6.92 Å². The molecule has 102 valence electrons. The first kappa shape index (κ1) is 15.3. The molecule has 0 fully saturated rings. The molecule has 20 heavy (non-hydrogen) atoms. The van der Waals surface area contributed by atoms with Gasteiger partial charge in [-0.1, -0.05) is 30.9 Å². The molecule has 4 nitrogen and oxygen atoms in total. The second-order valence-electron chi connectivity index (χ2n) is 4.00. The Morgan fingerprint density at radius 1 is 1.55 bits per heavy atom. The fraction of sp³-hybridized carbons (Fsp3) is 0.125. The van der Waals surface area contributed by atoms with Crippen LogP contribution in [0, 0.1) is 16.7 Å². The Morgan fingerprint density at radius 3 is 2.90 bits per heavy atom. The lowest BCUT2D eigenvalue weighted by Crippen LogP contribution is -2.08. The number of nitrogens with two attached hydrogens (primary N) is 1. The van der Waals surface area contributed by atoms with E-state index >= 15 is 0 Å². The lowest BCUT2D eigenvalue weighted by molar-refractivity contribution is 0.375. The maximum Gasteiger partial charge on any atom is 0.139 e. The number of allylic oxidation sites excluding steroid dienone is 3. The normalized spacial score (nSPS) is 10.6. The highest BCUT2D eigenvalue weighted by Gasteiger charge is 2.08. The first-order valence-corrected chi connectivity index (χ1v) is 6.08. The lowest BCUT2D eigenvalue weighted by Gasteiger charge is -2.10. The smallest absolute Gasteiger partial charge is 0.139 e. The van der Waals surface area contributed by atoms with Gasteiger partial charge in [-0.25, -0.2) is 0 Å². The Hall–Kier alpha value is -2.80. The number of hydrogen-bond donors (Lipinski definition) is 2. The highest BCUT2D eigenvalue weighted by atomic mass is 16.5. The van der Waals surface area contributed by atoms with E-state index in [2.05, 4.69) is 12.6 Å². The summed E-state index contributed by atoms with van der Waals surface area (Å²) in [6.07, 6.45) is 8.54. The van der Waals surface area contributed by atoms with Gasteiger partial charge in [-0.05, 0) is 24.6 Å². The molecule has 0 aromatic heterocycles. The Morgan fingerprint density at radius 2 is 2.30 bits per heavy atom. The monoisotopic (exact) mass is 267 g/mol. The van der Waals surface area contributed by atoms with Gasteiger partial charge in [0.15, 0.2) is 0 Å². The van der Waals surface area contributed by atoms with Crippen molar-refractivity contribution in [2.24, 2.45) is 0 Å². The SMILES string of the molecule is C=CC=Cc1cc(C#N)c(OCC(=N)/C=C\C)cc1N. The van der Waals surface area contributed by atoms with Crippen molar-refractivity contribution in [3.05, 3.63) is 54.1 Å². The second kappa shape index (κ2) is 7.59. The summed E-state index contributed by atoms with van der Waals surface area (Å²) in [6, 6.07) is 5.32. The molecule has 0 unspecified atom stereocenters. The van der Waals surface area contributed by atoms with Gasteiger partial charge in [-0.3, -0.25) is 0 Å². The molecule has 0 radical (unpaired) electrons. The highest BCUT2D eigenvalue weighted by molar-refractivity contribution is 5.93. The average molecular weight is 267 g/mol. The van der Waals surface area contributed by atoms with Gasteiger partial charge in [0, 0.05) is 11.8 Å². The van der Waals surface area contributed by atoms with Crippen molar-refractivity contribution in [1.82, 2.24) is 0 Å². The van der Waals surface area contributed by atoms with Gasteiger partial charge >= 0.3 is 0 Å². The maximum absolute atomic E-state index is 9.15. The third-order valence-electron chi connectivity index (χ3n) is 2.47. The van der Waals surface area contributed by atoms with E-state index in [0.29, 0.717) is 22.7 Å². The van der Waals surface area contributed by atoms with Gasteiger partial charge in [-0.15, -0.1) is 0 Å². The van der Waals surface area contributed by atoms with Crippen molar-refractivity contribution >= 4 is 17.5 Å². The fourth-order valence-corrected chi connectivity index (χ4v) is 1.54. The van der Waals surface area contributed by atoms with Crippen LogP contribution in [-0.4, -0.2) is 12.3 Å². The van der Waals surface area contributed by atoms with Gasteiger partial charge < -0.3 is 15.9 Å². The van der Waals surface area contributed by atoms with Gasteiger partial charge in [0.2, 0.25) is 0 Å². The van der Waals surface area contributed by atoms with E-state index in [1.807, 2.05) is 6.92 Å². The molecule has 1 aromatic carbocycles. The van der Waals surface area contributed by atoms with Crippen LogP contribution in [-0.2, 0) is 0 Å². The Kier molecular flexibility index (Phi) is 5.79. The van der Waals surface area contributed by atoms with Gasteiger partial charge in [0.25, 0.3) is 0 Å². The molecule has 0 aliphatic rings. The average Bonchev–Trinajstić information content (AvgIpc) is 2.44. The number of nitrogens with zero attached hydrogens (tertiary/aromatic N) is 1. The van der Waals surface area contributed by atoms with Crippen LogP contribution in [0.3, 0.4) is 0 Å². The predicted molar refractivity (Wildman–Crippen MR) is 82.8 cm³/mol. The quantitative estimate of drug-likeness (QED) is 0.471. The van der Waals surface area contributed by atoms with Crippen LogP contribution in [0.25, 0.3) is 6.08 Å². The van der Waals surface area contributed by atoms with Crippen LogP contribution in [0.1, 0.15) is 18.1 Å². The molecule has 1 rings (SSSR count). The fourth-order valence-electron chi connectivity index (χ4n) is 1.54. The third-order valence-corrected chi connectivity index (χ3v) is 2.47. The zero-order chi connectivity index (χ0) is 15.0. The number of anilines is 1. The first-order valence-electron chi connectivity index (χ1n) is 6.08. The van der Waals surface area contributed by atoms with E-state index < -0.39 is 0 Å².